The molecular formula is C21H41N2NaO8S. The Balaban J connectivity index is -0.00000165. The van der Waals surface area contributed by atoms with Crippen molar-refractivity contribution in [3.63, 3.8) is 0 Å². The van der Waals surface area contributed by atoms with Gasteiger partial charge in [-0.2, -0.15) is 0 Å². The number of esters is 2. The molecule has 0 saturated carbocycles. The van der Waals surface area contributed by atoms with Gasteiger partial charge in [-0.15, -0.1) is 0 Å². The van der Waals surface area contributed by atoms with Crippen LogP contribution in [0.25, 0.3) is 0 Å². The number of nitrogens with two attached hydrogens (primary N) is 2. The molecule has 3 atom stereocenters. The molecule has 0 aliphatic heterocycles. The SMILES string of the molecule is CCCCC(CC)COC(=O)CC(C(=O)OCC(CC)CCCC)S(=O)(=O)[O-].NC(N)=O.[Na+]. The van der Waals surface area contributed by atoms with E-state index in [2.05, 4.69) is 25.3 Å². The molecule has 190 valence electrons. The van der Waals surface area contributed by atoms with E-state index in [4.69, 9.17) is 14.3 Å². The van der Waals surface area contributed by atoms with Gasteiger partial charge >= 0.3 is 47.5 Å². The number of amides is 2. The van der Waals surface area contributed by atoms with Crippen molar-refractivity contribution in [2.45, 2.75) is 90.7 Å². The van der Waals surface area contributed by atoms with Gasteiger partial charge in [-0.05, 0) is 24.7 Å². The van der Waals surface area contributed by atoms with Crippen molar-refractivity contribution in [3.05, 3.63) is 0 Å². The summed E-state index contributed by atoms with van der Waals surface area (Å²) in [6, 6.07) is -0.833. The van der Waals surface area contributed by atoms with Gasteiger partial charge in [0.1, 0.15) is 10.1 Å². The van der Waals surface area contributed by atoms with Crippen LogP contribution in [0.15, 0.2) is 0 Å². The molecule has 4 N–H and O–H groups in total. The summed E-state index contributed by atoms with van der Waals surface area (Å²) in [4.78, 5) is 33.1. The van der Waals surface area contributed by atoms with Crippen molar-refractivity contribution in [1.82, 2.24) is 0 Å². The molecule has 0 radical (unpaired) electrons. The largest absolute Gasteiger partial charge is 1.00 e. The molecule has 0 aromatic carbocycles. The number of hydrogen-bond acceptors (Lipinski definition) is 8. The predicted molar refractivity (Wildman–Crippen MR) is 120 cm³/mol. The fraction of sp³-hybridized carbons (Fsp3) is 0.857. The summed E-state index contributed by atoms with van der Waals surface area (Å²) in [5, 5.41) is -2.06. The zero-order chi connectivity index (χ0) is 25.2. The van der Waals surface area contributed by atoms with E-state index in [1.165, 1.54) is 0 Å². The third kappa shape index (κ3) is 21.4. The van der Waals surface area contributed by atoms with Gasteiger partial charge in [0.15, 0.2) is 5.25 Å². The number of primary amides is 2. The Hall–Kier alpha value is -0.880. The van der Waals surface area contributed by atoms with E-state index < -0.39 is 39.8 Å². The minimum Gasteiger partial charge on any atom is -0.747 e. The molecular weight excluding hydrogens is 463 g/mol. The average molecular weight is 505 g/mol. The molecule has 2 amide bonds. The molecule has 0 aliphatic rings. The zero-order valence-electron chi connectivity index (χ0n) is 20.8. The van der Waals surface area contributed by atoms with Crippen molar-refractivity contribution in [1.29, 1.82) is 0 Å². The molecule has 10 nitrogen and oxygen atoms in total. The van der Waals surface area contributed by atoms with E-state index in [0.29, 0.717) is 0 Å². The van der Waals surface area contributed by atoms with Crippen LogP contribution in [0.3, 0.4) is 0 Å². The van der Waals surface area contributed by atoms with Crippen LogP contribution in [0, 0.1) is 11.8 Å². The van der Waals surface area contributed by atoms with Gasteiger partial charge in [0.25, 0.3) is 0 Å². The molecule has 12 heteroatoms. The van der Waals surface area contributed by atoms with Gasteiger partial charge in [-0.1, -0.05) is 66.2 Å². The van der Waals surface area contributed by atoms with Crippen LogP contribution >= 0.6 is 0 Å². The first-order chi connectivity index (χ1) is 14.9. The van der Waals surface area contributed by atoms with Crippen molar-refractivity contribution in [2.24, 2.45) is 23.3 Å². The average Bonchev–Trinajstić information content (AvgIpc) is 2.70. The standard InChI is InChI=1S/C20H38O7S.CH4N2O.Na/c1-5-9-11-16(7-3)14-26-19(21)13-18(28(23,24)25)20(22)27-15-17(8-4)12-10-6-2;2-1(3)4;/h16-18H,5-15H2,1-4H3,(H,23,24,25);(H4,2,3,4);/q;;+1/p-1. The Morgan fingerprint density at radius 3 is 1.58 bits per heavy atom. The zero-order valence-corrected chi connectivity index (χ0v) is 23.7. The molecule has 0 rings (SSSR count). The Kier molecular flexibility index (Phi) is 24.1. The number of carbonyl (C=O) groups is 3. The number of unbranched alkanes of at least 4 members (excludes halogenated alkanes) is 2. The van der Waals surface area contributed by atoms with Crippen LogP contribution in [-0.2, 0) is 29.2 Å². The summed E-state index contributed by atoms with van der Waals surface area (Å²) in [7, 11) is -5.01. The quantitative estimate of drug-likeness (QED) is 0.165. The van der Waals surface area contributed by atoms with Crippen LogP contribution in [0.2, 0.25) is 0 Å². The van der Waals surface area contributed by atoms with E-state index in [-0.39, 0.29) is 54.6 Å². The van der Waals surface area contributed by atoms with Crippen molar-refractivity contribution in [3.8, 4) is 0 Å². The third-order valence-corrected chi connectivity index (χ3v) is 6.05. The molecule has 0 bridgehead atoms. The van der Waals surface area contributed by atoms with Gasteiger partial charge in [0.05, 0.1) is 19.6 Å². The van der Waals surface area contributed by atoms with Crippen LogP contribution in [-0.4, -0.2) is 49.4 Å². The van der Waals surface area contributed by atoms with Gasteiger partial charge in [-0.25, -0.2) is 13.2 Å². The monoisotopic (exact) mass is 504 g/mol. The minimum atomic E-state index is -5.01. The number of urea groups is 1. The molecule has 0 aliphatic carbocycles. The molecule has 33 heavy (non-hydrogen) atoms. The minimum absolute atomic E-state index is 0. The Bertz CT molecular complexity index is 642. The topological polar surface area (TPSA) is 179 Å². The number of rotatable bonds is 16. The number of hydrogen-bond donors (Lipinski definition) is 2. The van der Waals surface area contributed by atoms with Gasteiger partial charge < -0.3 is 25.5 Å². The number of carbonyl (C=O) groups excluding carboxylic acids is 3. The van der Waals surface area contributed by atoms with E-state index in [0.717, 1.165) is 51.4 Å². The normalized spacial score (nSPS) is 13.4. The Morgan fingerprint density at radius 2 is 1.24 bits per heavy atom. The van der Waals surface area contributed by atoms with Gasteiger partial charge in [0, 0.05) is 0 Å². The summed E-state index contributed by atoms with van der Waals surface area (Å²) in [5.74, 6) is -1.74. The van der Waals surface area contributed by atoms with Crippen LogP contribution in [0.5, 0.6) is 0 Å². The van der Waals surface area contributed by atoms with E-state index in [1.807, 2.05) is 13.8 Å². The van der Waals surface area contributed by atoms with Gasteiger partial charge in [0.2, 0.25) is 0 Å². The fourth-order valence-electron chi connectivity index (χ4n) is 2.81. The second kappa shape index (κ2) is 21.6. The second-order valence-electron chi connectivity index (χ2n) is 7.73. The van der Waals surface area contributed by atoms with Crippen molar-refractivity contribution < 1.29 is 66.4 Å². The summed E-state index contributed by atoms with van der Waals surface area (Å²) < 4.78 is 44.6. The first-order valence-electron chi connectivity index (χ1n) is 11.2. The number of ether oxygens (including phenoxy) is 2. The molecule has 0 aromatic heterocycles. The van der Waals surface area contributed by atoms with Crippen LogP contribution < -0.4 is 41.0 Å². The molecule has 0 spiro atoms. The van der Waals surface area contributed by atoms with Crippen molar-refractivity contribution in [2.75, 3.05) is 13.2 Å². The first-order valence-corrected chi connectivity index (χ1v) is 12.7. The third-order valence-electron chi connectivity index (χ3n) is 4.99. The summed E-state index contributed by atoms with van der Waals surface area (Å²) in [6.45, 7) is 8.26. The molecule has 0 saturated heterocycles. The van der Waals surface area contributed by atoms with E-state index >= 15 is 0 Å². The molecule has 3 unspecified atom stereocenters. The van der Waals surface area contributed by atoms with E-state index in [9.17, 15) is 22.6 Å². The van der Waals surface area contributed by atoms with Crippen LogP contribution in [0.4, 0.5) is 4.79 Å². The maximum Gasteiger partial charge on any atom is 1.00 e. The summed E-state index contributed by atoms with van der Waals surface area (Å²) in [5.41, 5.74) is 8.50. The summed E-state index contributed by atoms with van der Waals surface area (Å²) in [6.07, 6.45) is 6.58. The predicted octanol–water partition coefficient (Wildman–Crippen LogP) is -0.163. The van der Waals surface area contributed by atoms with E-state index in [1.54, 1.807) is 0 Å². The van der Waals surface area contributed by atoms with Crippen molar-refractivity contribution >= 4 is 28.1 Å². The summed E-state index contributed by atoms with van der Waals surface area (Å²) >= 11 is 0. The Morgan fingerprint density at radius 1 is 0.848 bits per heavy atom. The van der Waals surface area contributed by atoms with Crippen LogP contribution in [0.1, 0.15) is 85.5 Å². The Labute approximate surface area is 220 Å². The smallest absolute Gasteiger partial charge is 0.747 e. The maximum atomic E-state index is 12.1. The maximum absolute atomic E-state index is 12.1. The fourth-order valence-corrected chi connectivity index (χ4v) is 3.46. The molecule has 0 aromatic rings. The first kappa shape index (κ1) is 36.7. The van der Waals surface area contributed by atoms with Gasteiger partial charge in [-0.3, -0.25) is 9.59 Å². The second-order valence-corrected chi connectivity index (χ2v) is 9.29. The molecule has 0 heterocycles. The molecule has 0 fully saturated rings.